The Kier molecular flexibility index (Phi) is 9.42. The van der Waals surface area contributed by atoms with Crippen LogP contribution in [0.2, 0.25) is 0 Å². The molecule has 0 bridgehead atoms. The number of ether oxygens (including phenoxy) is 3. The van der Waals surface area contributed by atoms with Gasteiger partial charge in [0.25, 0.3) is 6.47 Å². The number of rotatable bonds is 11. The van der Waals surface area contributed by atoms with E-state index in [4.69, 9.17) is 14.0 Å². The number of esters is 1. The molecule has 0 amide bonds. The van der Waals surface area contributed by atoms with E-state index < -0.39 is 39.5 Å². The molecule has 0 aromatic heterocycles. The van der Waals surface area contributed by atoms with E-state index in [1.807, 2.05) is 13.8 Å². The van der Waals surface area contributed by atoms with Gasteiger partial charge in [-0.05, 0) is 98.7 Å². The number of halogens is 2. The van der Waals surface area contributed by atoms with E-state index in [-0.39, 0.29) is 59.6 Å². The maximum atomic E-state index is 13.5. The van der Waals surface area contributed by atoms with Gasteiger partial charge in [0.1, 0.15) is 6.10 Å². The van der Waals surface area contributed by atoms with Gasteiger partial charge in [-0.2, -0.15) is 17.2 Å². The average Bonchev–Trinajstić information content (AvgIpc) is 3.25. The Morgan fingerprint density at radius 2 is 1.86 bits per heavy atom. The molecule has 0 aromatic rings. The molecule has 4 saturated carbocycles. The third-order valence-electron chi connectivity index (χ3n) is 11.7. The SMILES string of the molecule is C=C(C)O[C@@H]1CC[C@@]2(C)C(C1)C[C@@H](OC=O)[C@H]1[C@@H]3CC[C@H]([C@H](C)CCC(=O)OCC(F)(F)S(=O)(=O)O)[C@@]3(C)[C@@H](O)C[C@@H]12. The Bertz CT molecular complexity index is 1150. The highest BCUT2D eigenvalue weighted by molar-refractivity contribution is 7.86. The maximum Gasteiger partial charge on any atom is 0.402 e. The van der Waals surface area contributed by atoms with Crippen molar-refractivity contribution in [1.29, 1.82) is 0 Å². The molecule has 1 unspecified atom stereocenters. The summed E-state index contributed by atoms with van der Waals surface area (Å²) in [6.45, 7) is 10.9. The normalized spacial score (nSPS) is 40.6. The van der Waals surface area contributed by atoms with Crippen molar-refractivity contribution in [2.24, 2.45) is 46.3 Å². The first kappa shape index (κ1) is 33.1. The Morgan fingerprint density at radius 1 is 1.17 bits per heavy atom. The molecule has 240 valence electrons. The van der Waals surface area contributed by atoms with Crippen molar-refractivity contribution in [2.45, 2.75) is 109 Å². The lowest BCUT2D eigenvalue weighted by Crippen LogP contribution is -2.62. The molecule has 0 aromatic carbocycles. The molecule has 2 N–H and O–H groups in total. The number of fused-ring (bicyclic) bond motifs is 5. The van der Waals surface area contributed by atoms with Crippen molar-refractivity contribution < 1.29 is 50.7 Å². The fourth-order valence-electron chi connectivity index (χ4n) is 9.55. The number of hydrogen-bond acceptors (Lipinski definition) is 8. The van der Waals surface area contributed by atoms with Crippen LogP contribution in [0.15, 0.2) is 12.3 Å². The van der Waals surface area contributed by atoms with Gasteiger partial charge in [0.05, 0.1) is 18.0 Å². The number of carbonyl (C=O) groups excluding carboxylic acids is 2. The highest BCUT2D eigenvalue weighted by atomic mass is 32.2. The summed E-state index contributed by atoms with van der Waals surface area (Å²) >= 11 is 0. The van der Waals surface area contributed by atoms with Gasteiger partial charge in [-0.25, -0.2) is 0 Å². The van der Waals surface area contributed by atoms with Crippen LogP contribution in [0, 0.1) is 46.3 Å². The number of carbonyl (C=O) groups is 2. The van der Waals surface area contributed by atoms with Crippen molar-refractivity contribution in [2.75, 3.05) is 6.61 Å². The molecule has 4 fully saturated rings. The van der Waals surface area contributed by atoms with Gasteiger partial charge in [0, 0.05) is 12.3 Å². The second kappa shape index (κ2) is 12.0. The molecule has 42 heavy (non-hydrogen) atoms. The number of allylic oxidation sites excluding steroid dienone is 1. The van der Waals surface area contributed by atoms with Gasteiger partial charge in [0.15, 0.2) is 6.61 Å². The third kappa shape index (κ3) is 5.96. The van der Waals surface area contributed by atoms with E-state index >= 15 is 0 Å². The minimum absolute atomic E-state index is 0.0256. The molecule has 0 heterocycles. The largest absolute Gasteiger partial charge is 0.496 e. The second-order valence-corrected chi connectivity index (χ2v) is 15.4. The molecule has 4 aliphatic rings. The summed E-state index contributed by atoms with van der Waals surface area (Å²) in [5.41, 5.74) is -0.515. The minimum Gasteiger partial charge on any atom is -0.496 e. The van der Waals surface area contributed by atoms with Gasteiger partial charge in [0.2, 0.25) is 0 Å². The fourth-order valence-corrected chi connectivity index (χ4v) is 9.76. The predicted molar refractivity (Wildman–Crippen MR) is 148 cm³/mol. The summed E-state index contributed by atoms with van der Waals surface area (Å²) < 4.78 is 73.3. The Morgan fingerprint density at radius 3 is 2.48 bits per heavy atom. The average molecular weight is 621 g/mol. The summed E-state index contributed by atoms with van der Waals surface area (Å²) in [4.78, 5) is 23.9. The summed E-state index contributed by atoms with van der Waals surface area (Å²) in [6, 6.07) is 0. The first-order chi connectivity index (χ1) is 19.5. The van der Waals surface area contributed by atoms with E-state index in [0.717, 1.165) is 38.5 Å². The van der Waals surface area contributed by atoms with Crippen LogP contribution in [0.4, 0.5) is 8.78 Å². The first-order valence-electron chi connectivity index (χ1n) is 15.1. The molecule has 11 atom stereocenters. The molecule has 0 aliphatic heterocycles. The van der Waals surface area contributed by atoms with E-state index in [2.05, 4.69) is 25.2 Å². The lowest BCUT2D eigenvalue weighted by molar-refractivity contribution is -0.213. The highest BCUT2D eigenvalue weighted by Gasteiger charge is 2.66. The van der Waals surface area contributed by atoms with Crippen LogP contribution in [0.1, 0.15) is 85.5 Å². The monoisotopic (exact) mass is 620 g/mol. The van der Waals surface area contributed by atoms with Crippen molar-refractivity contribution in [3.05, 3.63) is 12.3 Å². The predicted octanol–water partition coefficient (Wildman–Crippen LogP) is 5.13. The van der Waals surface area contributed by atoms with Gasteiger partial charge < -0.3 is 19.3 Å². The minimum atomic E-state index is -5.69. The Balaban J connectivity index is 1.48. The van der Waals surface area contributed by atoms with Gasteiger partial charge in [-0.1, -0.05) is 27.4 Å². The first-order valence-corrected chi connectivity index (χ1v) is 16.5. The van der Waals surface area contributed by atoms with Crippen LogP contribution >= 0.6 is 0 Å². The lowest BCUT2D eigenvalue weighted by atomic mass is 9.43. The van der Waals surface area contributed by atoms with Crippen molar-refractivity contribution >= 4 is 22.6 Å². The highest BCUT2D eigenvalue weighted by Crippen LogP contribution is 2.68. The standard InChI is InChI=1S/C30H46F2O9S/c1-17(2)41-20-10-11-28(4)19(12-20)13-24(40-16-33)27-22-8-7-21(29(22,5)25(34)14-23(27)28)18(3)6-9-26(35)39-15-30(31,32)42(36,37)38/h16,18-25,27,34H,1,6-15H2,2-5H3,(H,36,37,38)/t18-,19?,20-,21-,22+,23+,24-,25+,27+,28+,29-/m1/s1. The summed E-state index contributed by atoms with van der Waals surface area (Å²) in [7, 11) is -5.69. The van der Waals surface area contributed by atoms with E-state index in [0.29, 0.717) is 25.1 Å². The Labute approximate surface area is 247 Å². The smallest absolute Gasteiger partial charge is 0.402 e. The zero-order chi connectivity index (χ0) is 31.3. The number of aliphatic hydroxyl groups excluding tert-OH is 1. The zero-order valence-corrected chi connectivity index (χ0v) is 25.8. The zero-order valence-electron chi connectivity index (χ0n) is 25.0. The molecule has 4 aliphatic carbocycles. The van der Waals surface area contributed by atoms with Crippen molar-refractivity contribution in [3.63, 3.8) is 0 Å². The number of aliphatic hydroxyl groups is 1. The molecule has 0 saturated heterocycles. The third-order valence-corrected chi connectivity index (χ3v) is 12.5. The quantitative estimate of drug-likeness (QED) is 0.139. The Hall–Kier alpha value is -1.79. The van der Waals surface area contributed by atoms with Gasteiger partial charge >= 0.3 is 21.3 Å². The van der Waals surface area contributed by atoms with Crippen LogP contribution in [0.3, 0.4) is 0 Å². The van der Waals surface area contributed by atoms with Crippen LogP contribution in [0.25, 0.3) is 0 Å². The summed E-state index contributed by atoms with van der Waals surface area (Å²) in [5, 5.41) is 7.24. The van der Waals surface area contributed by atoms with Gasteiger partial charge in [-0.15, -0.1) is 0 Å². The van der Waals surface area contributed by atoms with E-state index in [9.17, 15) is 31.9 Å². The van der Waals surface area contributed by atoms with Crippen LogP contribution in [-0.4, -0.2) is 60.7 Å². The van der Waals surface area contributed by atoms with Crippen LogP contribution in [-0.2, 0) is 33.9 Å². The van der Waals surface area contributed by atoms with E-state index in [1.165, 1.54) is 0 Å². The van der Waals surface area contributed by atoms with Gasteiger partial charge in [-0.3, -0.25) is 14.1 Å². The fraction of sp³-hybridized carbons (Fsp3) is 0.867. The van der Waals surface area contributed by atoms with Crippen LogP contribution < -0.4 is 0 Å². The molecule has 12 heteroatoms. The van der Waals surface area contributed by atoms with Crippen LogP contribution in [0.5, 0.6) is 0 Å². The molecular weight excluding hydrogens is 574 g/mol. The van der Waals surface area contributed by atoms with Crippen molar-refractivity contribution in [3.8, 4) is 0 Å². The number of alkyl halides is 2. The maximum absolute atomic E-state index is 13.5. The van der Waals surface area contributed by atoms with E-state index in [1.54, 1.807) is 0 Å². The molecule has 9 nitrogen and oxygen atoms in total. The summed E-state index contributed by atoms with van der Waals surface area (Å²) in [5.74, 6) is 0.339. The molecule has 4 rings (SSSR count). The molecule has 0 radical (unpaired) electrons. The molecular formula is C30H46F2O9S. The second-order valence-electron chi connectivity index (χ2n) is 13.8. The molecule has 0 spiro atoms. The topological polar surface area (TPSA) is 136 Å². The number of hydrogen-bond donors (Lipinski definition) is 2. The lowest BCUT2D eigenvalue weighted by Gasteiger charge is -2.63. The van der Waals surface area contributed by atoms with Crippen molar-refractivity contribution in [1.82, 2.24) is 0 Å². The summed E-state index contributed by atoms with van der Waals surface area (Å²) in [6.07, 6.45) is 5.03.